The SMILES string of the molecule is C=C(CCCC=O)CC(C)(C)C. The molecule has 0 spiro atoms. The molecular weight excluding hydrogens is 148 g/mol. The van der Waals surface area contributed by atoms with Crippen molar-refractivity contribution in [3.05, 3.63) is 12.2 Å². The van der Waals surface area contributed by atoms with Crippen molar-refractivity contribution in [2.45, 2.75) is 46.5 Å². The van der Waals surface area contributed by atoms with Gasteiger partial charge in [-0.15, -0.1) is 0 Å². The Balaban J connectivity index is 3.53. The number of hydrogen-bond acceptors (Lipinski definition) is 1. The van der Waals surface area contributed by atoms with Crippen LogP contribution in [0.1, 0.15) is 46.5 Å². The van der Waals surface area contributed by atoms with Gasteiger partial charge in [0, 0.05) is 6.42 Å². The highest BCUT2D eigenvalue weighted by Crippen LogP contribution is 2.25. The van der Waals surface area contributed by atoms with E-state index in [1.165, 1.54) is 5.57 Å². The summed E-state index contributed by atoms with van der Waals surface area (Å²) in [6.45, 7) is 10.6. The summed E-state index contributed by atoms with van der Waals surface area (Å²) < 4.78 is 0. The van der Waals surface area contributed by atoms with Gasteiger partial charge >= 0.3 is 0 Å². The van der Waals surface area contributed by atoms with Crippen molar-refractivity contribution in [3.8, 4) is 0 Å². The smallest absolute Gasteiger partial charge is 0.120 e. The van der Waals surface area contributed by atoms with Crippen LogP contribution in [0.25, 0.3) is 0 Å². The number of allylic oxidation sites excluding steroid dienone is 1. The van der Waals surface area contributed by atoms with Gasteiger partial charge in [-0.1, -0.05) is 32.9 Å². The van der Waals surface area contributed by atoms with Crippen LogP contribution in [0.2, 0.25) is 0 Å². The maximum atomic E-state index is 10.0. The molecule has 0 saturated heterocycles. The Morgan fingerprint density at radius 1 is 1.42 bits per heavy atom. The van der Waals surface area contributed by atoms with E-state index in [1.54, 1.807) is 0 Å². The van der Waals surface area contributed by atoms with E-state index in [1.807, 2.05) is 0 Å². The first kappa shape index (κ1) is 11.4. The summed E-state index contributed by atoms with van der Waals surface area (Å²) in [5.74, 6) is 0. The second-order valence-electron chi connectivity index (χ2n) is 4.55. The molecule has 0 heterocycles. The van der Waals surface area contributed by atoms with E-state index in [0.717, 1.165) is 25.5 Å². The molecule has 1 heteroatoms. The van der Waals surface area contributed by atoms with E-state index >= 15 is 0 Å². The molecule has 0 aliphatic carbocycles. The molecule has 0 aromatic heterocycles. The number of rotatable bonds is 5. The van der Waals surface area contributed by atoms with Crippen LogP contribution in [0.4, 0.5) is 0 Å². The topological polar surface area (TPSA) is 17.1 Å². The van der Waals surface area contributed by atoms with Crippen molar-refractivity contribution in [2.75, 3.05) is 0 Å². The Morgan fingerprint density at radius 3 is 2.42 bits per heavy atom. The van der Waals surface area contributed by atoms with Crippen molar-refractivity contribution in [1.29, 1.82) is 0 Å². The molecule has 1 nitrogen and oxygen atoms in total. The van der Waals surface area contributed by atoms with Gasteiger partial charge in [-0.2, -0.15) is 0 Å². The molecule has 0 unspecified atom stereocenters. The van der Waals surface area contributed by atoms with E-state index in [2.05, 4.69) is 27.4 Å². The van der Waals surface area contributed by atoms with E-state index in [9.17, 15) is 4.79 Å². The Hall–Kier alpha value is -0.590. The van der Waals surface area contributed by atoms with Crippen LogP contribution in [0.15, 0.2) is 12.2 Å². The Bertz CT molecular complexity index is 151. The van der Waals surface area contributed by atoms with Crippen LogP contribution in [-0.4, -0.2) is 6.29 Å². The fourth-order valence-electron chi connectivity index (χ4n) is 1.27. The highest BCUT2D eigenvalue weighted by molar-refractivity contribution is 5.49. The van der Waals surface area contributed by atoms with Crippen LogP contribution < -0.4 is 0 Å². The van der Waals surface area contributed by atoms with E-state index in [4.69, 9.17) is 0 Å². The Labute approximate surface area is 75.9 Å². The molecule has 0 atom stereocenters. The van der Waals surface area contributed by atoms with Gasteiger partial charge in [-0.05, 0) is 24.7 Å². The van der Waals surface area contributed by atoms with Gasteiger partial charge < -0.3 is 4.79 Å². The molecule has 0 aromatic rings. The number of hydrogen-bond donors (Lipinski definition) is 0. The van der Waals surface area contributed by atoms with E-state index in [-0.39, 0.29) is 0 Å². The maximum absolute atomic E-state index is 10.0. The molecule has 0 rings (SSSR count). The first-order valence-electron chi connectivity index (χ1n) is 4.56. The molecule has 0 bridgehead atoms. The lowest BCUT2D eigenvalue weighted by atomic mass is 9.87. The zero-order valence-corrected chi connectivity index (χ0v) is 8.52. The number of carbonyl (C=O) groups is 1. The minimum Gasteiger partial charge on any atom is -0.303 e. The largest absolute Gasteiger partial charge is 0.303 e. The van der Waals surface area contributed by atoms with Crippen molar-refractivity contribution in [3.63, 3.8) is 0 Å². The van der Waals surface area contributed by atoms with Gasteiger partial charge in [0.25, 0.3) is 0 Å². The van der Waals surface area contributed by atoms with Gasteiger partial charge in [-0.25, -0.2) is 0 Å². The summed E-state index contributed by atoms with van der Waals surface area (Å²) in [5.41, 5.74) is 1.60. The van der Waals surface area contributed by atoms with E-state index in [0.29, 0.717) is 11.8 Å². The summed E-state index contributed by atoms with van der Waals surface area (Å²) >= 11 is 0. The summed E-state index contributed by atoms with van der Waals surface area (Å²) in [6, 6.07) is 0. The minimum absolute atomic E-state index is 0.332. The van der Waals surface area contributed by atoms with Gasteiger partial charge in [0.2, 0.25) is 0 Å². The first-order valence-corrected chi connectivity index (χ1v) is 4.56. The third-order valence-electron chi connectivity index (χ3n) is 1.63. The molecule has 0 radical (unpaired) electrons. The van der Waals surface area contributed by atoms with Gasteiger partial charge in [0.05, 0.1) is 0 Å². The number of carbonyl (C=O) groups excluding carboxylic acids is 1. The molecule has 0 N–H and O–H groups in total. The van der Waals surface area contributed by atoms with Crippen LogP contribution in [-0.2, 0) is 4.79 Å². The van der Waals surface area contributed by atoms with Crippen molar-refractivity contribution < 1.29 is 4.79 Å². The van der Waals surface area contributed by atoms with Gasteiger partial charge in [-0.3, -0.25) is 0 Å². The van der Waals surface area contributed by atoms with E-state index < -0.39 is 0 Å². The zero-order chi connectivity index (χ0) is 9.61. The molecule has 0 saturated carbocycles. The van der Waals surface area contributed by atoms with Gasteiger partial charge in [0.15, 0.2) is 0 Å². The monoisotopic (exact) mass is 168 g/mol. The predicted molar refractivity (Wildman–Crippen MR) is 53.1 cm³/mol. The second-order valence-corrected chi connectivity index (χ2v) is 4.55. The van der Waals surface area contributed by atoms with Crippen LogP contribution >= 0.6 is 0 Å². The Morgan fingerprint density at radius 2 is 2.00 bits per heavy atom. The average molecular weight is 168 g/mol. The summed E-state index contributed by atoms with van der Waals surface area (Å²) in [4.78, 5) is 10.0. The Kier molecular flexibility index (Phi) is 4.87. The molecule has 0 fully saturated rings. The quantitative estimate of drug-likeness (QED) is 0.349. The van der Waals surface area contributed by atoms with Crippen LogP contribution in [0.3, 0.4) is 0 Å². The zero-order valence-electron chi connectivity index (χ0n) is 8.52. The highest BCUT2D eigenvalue weighted by atomic mass is 16.1. The first-order chi connectivity index (χ1) is 5.45. The lowest BCUT2D eigenvalue weighted by Crippen LogP contribution is -2.05. The van der Waals surface area contributed by atoms with Crippen molar-refractivity contribution >= 4 is 6.29 Å². The summed E-state index contributed by atoms with van der Waals surface area (Å²) in [6.07, 6.45) is 4.66. The second kappa shape index (κ2) is 5.13. The van der Waals surface area contributed by atoms with Crippen LogP contribution in [0.5, 0.6) is 0 Å². The average Bonchev–Trinajstić information content (AvgIpc) is 1.84. The van der Waals surface area contributed by atoms with Gasteiger partial charge in [0.1, 0.15) is 6.29 Å². The summed E-state index contributed by atoms with van der Waals surface area (Å²) in [7, 11) is 0. The fraction of sp³-hybridized carbons (Fsp3) is 0.727. The molecule has 12 heavy (non-hydrogen) atoms. The van der Waals surface area contributed by atoms with Crippen LogP contribution in [0, 0.1) is 5.41 Å². The molecule has 0 aliphatic rings. The minimum atomic E-state index is 0.332. The molecule has 0 amide bonds. The molecule has 0 aromatic carbocycles. The third-order valence-corrected chi connectivity index (χ3v) is 1.63. The predicted octanol–water partition coefficient (Wildman–Crippen LogP) is 3.35. The summed E-state index contributed by atoms with van der Waals surface area (Å²) in [5, 5.41) is 0. The molecule has 70 valence electrons. The highest BCUT2D eigenvalue weighted by Gasteiger charge is 2.11. The maximum Gasteiger partial charge on any atom is 0.120 e. The lowest BCUT2D eigenvalue weighted by Gasteiger charge is -2.19. The number of aldehydes is 1. The lowest BCUT2D eigenvalue weighted by molar-refractivity contribution is -0.107. The normalized spacial score (nSPS) is 11.2. The molecular formula is C11H20O. The third kappa shape index (κ3) is 7.52. The van der Waals surface area contributed by atoms with Crippen molar-refractivity contribution in [2.24, 2.45) is 5.41 Å². The number of unbranched alkanes of at least 4 members (excludes halogenated alkanes) is 1. The fourth-order valence-corrected chi connectivity index (χ4v) is 1.27. The molecule has 0 aliphatic heterocycles. The standard InChI is InChI=1S/C11H20O/c1-10(7-5-6-8-12)9-11(2,3)4/h8H,1,5-7,9H2,2-4H3. The van der Waals surface area contributed by atoms with Crippen molar-refractivity contribution in [1.82, 2.24) is 0 Å².